The highest BCUT2D eigenvalue weighted by atomic mass is 32.2. The summed E-state index contributed by atoms with van der Waals surface area (Å²) in [5, 5.41) is 18.2. The first-order chi connectivity index (χ1) is 8.97. The van der Waals surface area contributed by atoms with Crippen molar-refractivity contribution in [3.63, 3.8) is 0 Å². The normalized spacial score (nSPS) is 11.8. The maximum Gasteiger partial charge on any atom is 0.347 e. The average Bonchev–Trinajstić information content (AvgIpc) is 2.76. The van der Waals surface area contributed by atoms with Gasteiger partial charge >= 0.3 is 5.97 Å². The van der Waals surface area contributed by atoms with Crippen molar-refractivity contribution in [3.8, 4) is 0 Å². The minimum atomic E-state index is -3.96. The van der Waals surface area contributed by atoms with Crippen LogP contribution in [-0.2, 0) is 10.0 Å². The summed E-state index contributed by atoms with van der Waals surface area (Å²) in [6.07, 6.45) is 0. The highest BCUT2D eigenvalue weighted by Gasteiger charge is 2.27. The van der Waals surface area contributed by atoms with E-state index in [0.717, 1.165) is 11.3 Å². The number of carbonyl (C=O) groups is 1. The largest absolute Gasteiger partial charge is 0.477 e. The monoisotopic (exact) mass is 301 g/mol. The number of hydrogen-bond acceptors (Lipinski definition) is 5. The zero-order chi connectivity index (χ0) is 14.0. The van der Waals surface area contributed by atoms with Crippen LogP contribution in [0.3, 0.4) is 0 Å². The number of fused-ring (bicyclic) bond motifs is 1. The molecule has 0 bridgehead atoms. The number of carboxylic acid groups (broad SMARTS) is 1. The van der Waals surface area contributed by atoms with Crippen molar-refractivity contribution in [3.05, 3.63) is 29.1 Å². The number of aromatic carboxylic acids is 1. The molecule has 0 amide bonds. The van der Waals surface area contributed by atoms with E-state index in [0.29, 0.717) is 10.1 Å². The van der Waals surface area contributed by atoms with E-state index in [9.17, 15) is 13.2 Å². The molecule has 19 heavy (non-hydrogen) atoms. The van der Waals surface area contributed by atoms with Gasteiger partial charge in [-0.15, -0.1) is 11.3 Å². The molecule has 2 rings (SSSR count). The van der Waals surface area contributed by atoms with Crippen LogP contribution in [0.25, 0.3) is 10.1 Å². The van der Waals surface area contributed by atoms with Crippen LogP contribution < -0.4 is 4.72 Å². The van der Waals surface area contributed by atoms with Crippen molar-refractivity contribution in [2.24, 2.45) is 0 Å². The van der Waals surface area contributed by atoms with E-state index < -0.39 is 16.0 Å². The second-order valence-corrected chi connectivity index (χ2v) is 6.44. The Morgan fingerprint density at radius 2 is 2.00 bits per heavy atom. The third-order valence-corrected chi connectivity index (χ3v) is 5.25. The lowest BCUT2D eigenvalue weighted by molar-refractivity contribution is 0.0698. The second-order valence-electron chi connectivity index (χ2n) is 3.68. The van der Waals surface area contributed by atoms with Gasteiger partial charge in [-0.25, -0.2) is 17.9 Å². The minimum Gasteiger partial charge on any atom is -0.477 e. The van der Waals surface area contributed by atoms with Gasteiger partial charge in [0.2, 0.25) is 10.0 Å². The Morgan fingerprint density at radius 1 is 1.32 bits per heavy atom. The first-order valence-corrected chi connectivity index (χ1v) is 7.62. The Labute approximate surface area is 113 Å². The number of hydrogen-bond donors (Lipinski definition) is 3. The zero-order valence-electron chi connectivity index (χ0n) is 9.66. The molecule has 0 atom stereocenters. The van der Waals surface area contributed by atoms with Crippen LogP contribution in [0.15, 0.2) is 29.2 Å². The Hall–Kier alpha value is -1.48. The van der Waals surface area contributed by atoms with E-state index in [1.807, 2.05) is 0 Å². The predicted octanol–water partition coefficient (Wildman–Crippen LogP) is 0.870. The molecule has 0 spiro atoms. The molecule has 0 aliphatic heterocycles. The van der Waals surface area contributed by atoms with E-state index in [1.165, 1.54) is 0 Å². The molecule has 0 aliphatic rings. The van der Waals surface area contributed by atoms with Crippen molar-refractivity contribution < 1.29 is 23.4 Å². The molecule has 0 saturated heterocycles. The van der Waals surface area contributed by atoms with E-state index in [4.69, 9.17) is 10.2 Å². The lowest BCUT2D eigenvalue weighted by Crippen LogP contribution is -2.27. The summed E-state index contributed by atoms with van der Waals surface area (Å²) in [5.41, 5.74) is 0. The third kappa shape index (κ3) is 2.61. The molecule has 0 saturated carbocycles. The molecule has 6 nitrogen and oxygen atoms in total. The van der Waals surface area contributed by atoms with Crippen LogP contribution in [0, 0.1) is 0 Å². The highest BCUT2D eigenvalue weighted by molar-refractivity contribution is 7.90. The van der Waals surface area contributed by atoms with Gasteiger partial charge in [-0.05, 0) is 6.07 Å². The summed E-state index contributed by atoms with van der Waals surface area (Å²) >= 11 is 0.911. The molecule has 2 aromatic rings. The van der Waals surface area contributed by atoms with E-state index >= 15 is 0 Å². The van der Waals surface area contributed by atoms with Crippen molar-refractivity contribution in [1.82, 2.24) is 4.72 Å². The SMILES string of the molecule is O=C(O)c1sc2ccccc2c1S(=O)(=O)NCCO. The van der Waals surface area contributed by atoms with Crippen LogP contribution in [0.2, 0.25) is 0 Å². The Kier molecular flexibility index (Phi) is 3.85. The summed E-state index contributed by atoms with van der Waals surface area (Å²) in [7, 11) is -3.96. The summed E-state index contributed by atoms with van der Waals surface area (Å²) in [6, 6.07) is 6.58. The van der Waals surface area contributed by atoms with Crippen molar-refractivity contribution in [2.45, 2.75) is 4.90 Å². The van der Waals surface area contributed by atoms with E-state index in [-0.39, 0.29) is 22.9 Å². The van der Waals surface area contributed by atoms with Crippen LogP contribution >= 0.6 is 11.3 Å². The standard InChI is InChI=1S/C11H11NO5S2/c13-6-5-12-19(16,17)10-7-3-1-2-4-8(7)18-9(10)11(14)15/h1-4,12-13H,5-6H2,(H,14,15). The second kappa shape index (κ2) is 5.25. The molecule has 0 aliphatic carbocycles. The molecule has 3 N–H and O–H groups in total. The number of thiophene rings is 1. The lowest BCUT2D eigenvalue weighted by Gasteiger charge is -2.05. The van der Waals surface area contributed by atoms with E-state index in [1.54, 1.807) is 24.3 Å². The van der Waals surface area contributed by atoms with Crippen LogP contribution in [-0.4, -0.2) is 37.8 Å². The molecule has 1 aromatic carbocycles. The van der Waals surface area contributed by atoms with Crippen molar-refractivity contribution in [1.29, 1.82) is 0 Å². The molecule has 0 fully saturated rings. The smallest absolute Gasteiger partial charge is 0.347 e. The zero-order valence-corrected chi connectivity index (χ0v) is 11.3. The summed E-state index contributed by atoms with van der Waals surface area (Å²) < 4.78 is 27.0. The maximum atomic E-state index is 12.1. The first kappa shape index (κ1) is 13.9. The van der Waals surface area contributed by atoms with Gasteiger partial charge in [0.1, 0.15) is 9.77 Å². The molecular formula is C11H11NO5S2. The van der Waals surface area contributed by atoms with Crippen molar-refractivity contribution in [2.75, 3.05) is 13.2 Å². The Balaban J connectivity index is 2.69. The maximum absolute atomic E-state index is 12.1. The van der Waals surface area contributed by atoms with Gasteiger partial charge in [-0.3, -0.25) is 0 Å². The molecule has 8 heteroatoms. The van der Waals surface area contributed by atoms with Gasteiger partial charge in [0.25, 0.3) is 0 Å². The van der Waals surface area contributed by atoms with Gasteiger partial charge < -0.3 is 10.2 Å². The van der Waals surface area contributed by atoms with Gasteiger partial charge in [-0.2, -0.15) is 0 Å². The van der Waals surface area contributed by atoms with Crippen LogP contribution in [0.1, 0.15) is 9.67 Å². The lowest BCUT2D eigenvalue weighted by atomic mass is 10.2. The number of sulfonamides is 1. The quantitative estimate of drug-likeness (QED) is 0.760. The number of benzene rings is 1. The van der Waals surface area contributed by atoms with Crippen LogP contribution in [0.5, 0.6) is 0 Å². The Morgan fingerprint density at radius 3 is 2.63 bits per heavy atom. The van der Waals surface area contributed by atoms with Gasteiger partial charge in [0.05, 0.1) is 6.61 Å². The van der Waals surface area contributed by atoms with Crippen LogP contribution in [0.4, 0.5) is 0 Å². The number of nitrogens with one attached hydrogen (secondary N) is 1. The van der Waals surface area contributed by atoms with E-state index in [2.05, 4.69) is 4.72 Å². The fraction of sp³-hybridized carbons (Fsp3) is 0.182. The summed E-state index contributed by atoms with van der Waals surface area (Å²) in [4.78, 5) is 10.7. The molecule has 0 radical (unpaired) electrons. The first-order valence-electron chi connectivity index (χ1n) is 5.32. The predicted molar refractivity (Wildman–Crippen MR) is 71.1 cm³/mol. The molecule has 1 aromatic heterocycles. The van der Waals surface area contributed by atoms with Gasteiger partial charge in [0, 0.05) is 16.6 Å². The summed E-state index contributed by atoms with van der Waals surface area (Å²) in [6.45, 7) is -0.519. The average molecular weight is 301 g/mol. The number of rotatable bonds is 5. The number of carboxylic acids is 1. The Bertz CT molecular complexity index is 720. The molecule has 102 valence electrons. The summed E-state index contributed by atoms with van der Waals surface area (Å²) in [5.74, 6) is -1.29. The van der Waals surface area contributed by atoms with Gasteiger partial charge in [-0.1, -0.05) is 18.2 Å². The fourth-order valence-corrected chi connectivity index (χ4v) is 4.44. The highest BCUT2D eigenvalue weighted by Crippen LogP contribution is 2.34. The minimum absolute atomic E-state index is 0.161. The molecule has 1 heterocycles. The fourth-order valence-electron chi connectivity index (χ4n) is 1.68. The topological polar surface area (TPSA) is 104 Å². The molecule has 0 unspecified atom stereocenters. The molecular weight excluding hydrogens is 290 g/mol. The number of aliphatic hydroxyl groups is 1. The number of aliphatic hydroxyl groups excluding tert-OH is 1. The van der Waals surface area contributed by atoms with Crippen molar-refractivity contribution >= 4 is 37.4 Å². The third-order valence-electron chi connectivity index (χ3n) is 2.42. The van der Waals surface area contributed by atoms with Gasteiger partial charge in [0.15, 0.2) is 0 Å².